The Labute approximate surface area is 73.0 Å². The van der Waals surface area contributed by atoms with Gasteiger partial charge in [-0.25, -0.2) is 0 Å². The molecule has 0 spiro atoms. The zero-order valence-electron chi connectivity index (χ0n) is 7.87. The van der Waals surface area contributed by atoms with Crippen LogP contribution < -0.4 is 5.73 Å². The highest BCUT2D eigenvalue weighted by molar-refractivity contribution is 4.94. The number of nitrogens with two attached hydrogens (primary N) is 1. The predicted octanol–water partition coefficient (Wildman–Crippen LogP) is 0.112. The second-order valence-electron chi connectivity index (χ2n) is 3.00. The maximum absolute atomic E-state index is 5.91. The lowest BCUT2D eigenvalue weighted by molar-refractivity contribution is -0.209. The zero-order valence-corrected chi connectivity index (χ0v) is 7.87. The second kappa shape index (κ2) is 3.70. The van der Waals surface area contributed by atoms with E-state index in [1.165, 1.54) is 0 Å². The Kier molecular flexibility index (Phi) is 3.06. The van der Waals surface area contributed by atoms with Gasteiger partial charge in [0.05, 0.1) is 12.1 Å². The second-order valence-corrected chi connectivity index (χ2v) is 3.00. The van der Waals surface area contributed by atoms with Crippen molar-refractivity contribution in [3.05, 3.63) is 0 Å². The fraction of sp³-hybridized carbons (Fsp3) is 1.00. The molecular formula is C8H17NO3. The topological polar surface area (TPSA) is 53.7 Å². The lowest BCUT2D eigenvalue weighted by Gasteiger charge is -2.29. The van der Waals surface area contributed by atoms with E-state index in [1.54, 1.807) is 14.2 Å². The van der Waals surface area contributed by atoms with Gasteiger partial charge in [-0.1, -0.05) is 6.92 Å². The maximum atomic E-state index is 5.91. The van der Waals surface area contributed by atoms with Gasteiger partial charge in [0.2, 0.25) is 5.79 Å². The van der Waals surface area contributed by atoms with Gasteiger partial charge in [-0.05, 0) is 6.42 Å². The quantitative estimate of drug-likeness (QED) is 0.619. The SMILES string of the molecule is CC[C@@H]1OCC(OC)(OC)[C@H]1N. The third kappa shape index (κ3) is 1.35. The normalized spacial score (nSPS) is 34.0. The van der Waals surface area contributed by atoms with Gasteiger partial charge >= 0.3 is 0 Å². The van der Waals surface area contributed by atoms with Crippen molar-refractivity contribution in [1.29, 1.82) is 0 Å². The van der Waals surface area contributed by atoms with E-state index >= 15 is 0 Å². The molecule has 0 aromatic carbocycles. The molecule has 4 heteroatoms. The van der Waals surface area contributed by atoms with Gasteiger partial charge in [-0.2, -0.15) is 0 Å². The first kappa shape index (κ1) is 9.92. The van der Waals surface area contributed by atoms with E-state index in [9.17, 15) is 0 Å². The Balaban J connectivity index is 2.68. The first-order chi connectivity index (χ1) is 5.70. The predicted molar refractivity (Wildman–Crippen MR) is 44.8 cm³/mol. The summed E-state index contributed by atoms with van der Waals surface area (Å²) >= 11 is 0. The van der Waals surface area contributed by atoms with E-state index in [4.69, 9.17) is 19.9 Å². The van der Waals surface area contributed by atoms with Crippen LogP contribution in [0.4, 0.5) is 0 Å². The van der Waals surface area contributed by atoms with Gasteiger partial charge in [0.25, 0.3) is 0 Å². The zero-order chi connectivity index (χ0) is 9.19. The van der Waals surface area contributed by atoms with Crippen molar-refractivity contribution >= 4 is 0 Å². The van der Waals surface area contributed by atoms with Gasteiger partial charge in [0, 0.05) is 14.2 Å². The summed E-state index contributed by atoms with van der Waals surface area (Å²) in [6, 6.07) is -0.197. The Bertz CT molecular complexity index is 147. The summed E-state index contributed by atoms with van der Waals surface area (Å²) in [6.45, 7) is 2.45. The van der Waals surface area contributed by atoms with Crippen LogP contribution in [-0.4, -0.2) is 38.8 Å². The first-order valence-electron chi connectivity index (χ1n) is 4.17. The van der Waals surface area contributed by atoms with E-state index < -0.39 is 5.79 Å². The smallest absolute Gasteiger partial charge is 0.209 e. The summed E-state index contributed by atoms with van der Waals surface area (Å²) in [5.74, 6) is -0.735. The van der Waals surface area contributed by atoms with Gasteiger partial charge in [0.1, 0.15) is 6.61 Å². The van der Waals surface area contributed by atoms with Crippen molar-refractivity contribution < 1.29 is 14.2 Å². The van der Waals surface area contributed by atoms with Gasteiger partial charge in [0.15, 0.2) is 0 Å². The molecule has 2 atom stereocenters. The minimum Gasteiger partial charge on any atom is -0.371 e. The van der Waals surface area contributed by atoms with Crippen molar-refractivity contribution in [1.82, 2.24) is 0 Å². The lowest BCUT2D eigenvalue weighted by Crippen LogP contribution is -2.52. The molecule has 1 fully saturated rings. The molecule has 0 aromatic rings. The van der Waals surface area contributed by atoms with Gasteiger partial charge < -0.3 is 19.9 Å². The van der Waals surface area contributed by atoms with Crippen molar-refractivity contribution in [3.8, 4) is 0 Å². The molecule has 0 unspecified atom stereocenters. The molecule has 0 radical (unpaired) electrons. The molecule has 1 aliphatic heterocycles. The van der Waals surface area contributed by atoms with Crippen molar-refractivity contribution in [2.24, 2.45) is 5.73 Å². The van der Waals surface area contributed by atoms with Crippen LogP contribution in [0.15, 0.2) is 0 Å². The molecule has 0 aromatic heterocycles. The minimum absolute atomic E-state index is 0.0462. The molecule has 1 aliphatic rings. The monoisotopic (exact) mass is 175 g/mol. The van der Waals surface area contributed by atoms with Crippen LogP contribution in [0.2, 0.25) is 0 Å². The van der Waals surface area contributed by atoms with Gasteiger partial charge in [-0.3, -0.25) is 0 Å². The molecule has 0 aliphatic carbocycles. The molecule has 0 bridgehead atoms. The third-order valence-electron chi connectivity index (χ3n) is 2.50. The minimum atomic E-state index is -0.735. The van der Waals surface area contributed by atoms with E-state index in [1.807, 2.05) is 6.92 Å². The van der Waals surface area contributed by atoms with Crippen LogP contribution in [0.25, 0.3) is 0 Å². The molecule has 0 amide bonds. The van der Waals surface area contributed by atoms with Crippen LogP contribution in [0.1, 0.15) is 13.3 Å². The molecule has 72 valence electrons. The third-order valence-corrected chi connectivity index (χ3v) is 2.50. The summed E-state index contributed by atoms with van der Waals surface area (Å²) in [7, 11) is 3.18. The summed E-state index contributed by atoms with van der Waals surface area (Å²) in [5.41, 5.74) is 5.91. The lowest BCUT2D eigenvalue weighted by atomic mass is 10.0. The first-order valence-corrected chi connectivity index (χ1v) is 4.17. The largest absolute Gasteiger partial charge is 0.371 e. The number of hydrogen-bond donors (Lipinski definition) is 1. The standard InChI is InChI=1S/C8H17NO3/c1-4-6-7(9)8(10-2,11-3)5-12-6/h6-7H,4-5,9H2,1-3H3/t6-,7-/m0/s1. The van der Waals surface area contributed by atoms with Crippen LogP contribution in [0.5, 0.6) is 0 Å². The number of ether oxygens (including phenoxy) is 3. The fourth-order valence-corrected chi connectivity index (χ4v) is 1.55. The average Bonchev–Trinajstić information content (AvgIpc) is 2.43. The highest BCUT2D eigenvalue weighted by atomic mass is 16.7. The molecule has 2 N–H and O–H groups in total. The highest BCUT2D eigenvalue weighted by Crippen LogP contribution is 2.28. The number of hydrogen-bond acceptors (Lipinski definition) is 4. The number of methoxy groups -OCH3 is 2. The highest BCUT2D eigenvalue weighted by Gasteiger charge is 2.48. The van der Waals surface area contributed by atoms with Crippen LogP contribution >= 0.6 is 0 Å². The van der Waals surface area contributed by atoms with Crippen molar-refractivity contribution in [2.75, 3.05) is 20.8 Å². The molecule has 0 saturated carbocycles. The Morgan fingerprint density at radius 2 is 2.08 bits per heavy atom. The molecular weight excluding hydrogens is 158 g/mol. The van der Waals surface area contributed by atoms with Crippen LogP contribution in [-0.2, 0) is 14.2 Å². The van der Waals surface area contributed by atoms with E-state index in [0.29, 0.717) is 6.61 Å². The summed E-state index contributed by atoms with van der Waals surface area (Å²) in [4.78, 5) is 0. The molecule has 12 heavy (non-hydrogen) atoms. The van der Waals surface area contributed by atoms with Crippen LogP contribution in [0.3, 0.4) is 0 Å². The Hall–Kier alpha value is -0.160. The average molecular weight is 175 g/mol. The Morgan fingerprint density at radius 3 is 2.33 bits per heavy atom. The summed E-state index contributed by atoms with van der Waals surface area (Å²) < 4.78 is 15.9. The van der Waals surface area contributed by atoms with Crippen molar-refractivity contribution in [2.45, 2.75) is 31.3 Å². The molecule has 1 heterocycles. The molecule has 1 saturated heterocycles. The van der Waals surface area contributed by atoms with E-state index in [0.717, 1.165) is 6.42 Å². The van der Waals surface area contributed by atoms with Crippen LogP contribution in [0, 0.1) is 0 Å². The maximum Gasteiger partial charge on any atom is 0.209 e. The summed E-state index contributed by atoms with van der Waals surface area (Å²) in [5, 5.41) is 0. The van der Waals surface area contributed by atoms with Crippen molar-refractivity contribution in [3.63, 3.8) is 0 Å². The van der Waals surface area contributed by atoms with Gasteiger partial charge in [-0.15, -0.1) is 0 Å². The molecule has 1 rings (SSSR count). The molecule has 4 nitrogen and oxygen atoms in total. The van der Waals surface area contributed by atoms with E-state index in [-0.39, 0.29) is 12.1 Å². The Morgan fingerprint density at radius 1 is 1.50 bits per heavy atom. The summed E-state index contributed by atoms with van der Waals surface area (Å²) in [6.07, 6.45) is 0.931. The number of rotatable bonds is 3. The fourth-order valence-electron chi connectivity index (χ4n) is 1.55. The van der Waals surface area contributed by atoms with E-state index in [2.05, 4.69) is 0 Å².